The molecule has 1 heterocycles. The van der Waals surface area contributed by atoms with Gasteiger partial charge in [0, 0.05) is 23.6 Å². The highest BCUT2D eigenvalue weighted by Crippen LogP contribution is 2.27. The van der Waals surface area contributed by atoms with Gasteiger partial charge < -0.3 is 14.8 Å². The average molecular weight is 366 g/mol. The lowest BCUT2D eigenvalue weighted by Crippen LogP contribution is -2.37. The summed E-state index contributed by atoms with van der Waals surface area (Å²) in [5.74, 6) is -0.0342. The van der Waals surface area contributed by atoms with E-state index in [-0.39, 0.29) is 12.2 Å². The number of nitrogens with one attached hydrogen (secondary N) is 1. The molecule has 0 saturated heterocycles. The fourth-order valence-electron chi connectivity index (χ4n) is 2.53. The Morgan fingerprint density at radius 3 is 2.63 bits per heavy atom. The highest BCUT2D eigenvalue weighted by atomic mass is 16.6. The van der Waals surface area contributed by atoms with Gasteiger partial charge in [0.25, 0.3) is 5.69 Å². The van der Waals surface area contributed by atoms with E-state index in [4.69, 9.17) is 4.42 Å². The Morgan fingerprint density at radius 2 is 1.96 bits per heavy atom. The molecule has 7 heteroatoms. The monoisotopic (exact) mass is 366 g/mol. The lowest BCUT2D eigenvalue weighted by atomic mass is 10.0. The minimum absolute atomic E-state index is 0.0153. The van der Waals surface area contributed by atoms with Crippen molar-refractivity contribution in [2.24, 2.45) is 0 Å². The first-order chi connectivity index (χ1) is 12.8. The van der Waals surface area contributed by atoms with Crippen molar-refractivity contribution in [1.29, 1.82) is 0 Å². The molecule has 3 rings (SSSR count). The molecular weight excluding hydrogens is 348 g/mol. The van der Waals surface area contributed by atoms with Gasteiger partial charge in [0.1, 0.15) is 16.9 Å². The highest BCUT2D eigenvalue weighted by molar-refractivity contribution is 5.91. The van der Waals surface area contributed by atoms with Gasteiger partial charge in [0.15, 0.2) is 0 Å². The summed E-state index contributed by atoms with van der Waals surface area (Å²) < 4.78 is 5.65. The van der Waals surface area contributed by atoms with E-state index in [0.717, 1.165) is 5.39 Å². The molecule has 0 spiro atoms. The van der Waals surface area contributed by atoms with Crippen molar-refractivity contribution in [2.75, 3.05) is 6.54 Å². The van der Waals surface area contributed by atoms with Crippen molar-refractivity contribution in [1.82, 2.24) is 5.32 Å². The van der Waals surface area contributed by atoms with Crippen LogP contribution in [0.4, 0.5) is 5.69 Å². The van der Waals surface area contributed by atoms with E-state index in [0.29, 0.717) is 16.9 Å². The van der Waals surface area contributed by atoms with Gasteiger partial charge in [-0.25, -0.2) is 0 Å². The molecule has 3 aromatic rings. The van der Waals surface area contributed by atoms with Gasteiger partial charge >= 0.3 is 0 Å². The molecule has 0 saturated carbocycles. The number of non-ortho nitro benzene ring substituents is 1. The Balaban J connectivity index is 1.61. The van der Waals surface area contributed by atoms with Gasteiger partial charge in [-0.2, -0.15) is 0 Å². The number of hydrogen-bond acceptors (Lipinski definition) is 5. The fourth-order valence-corrected chi connectivity index (χ4v) is 2.53. The number of fused-ring (bicyclic) bond motifs is 1. The number of amides is 1. The maximum Gasteiger partial charge on any atom is 0.269 e. The molecule has 7 nitrogen and oxygen atoms in total. The first-order valence-electron chi connectivity index (χ1n) is 8.27. The van der Waals surface area contributed by atoms with Crippen molar-refractivity contribution in [3.63, 3.8) is 0 Å². The van der Waals surface area contributed by atoms with Crippen molar-refractivity contribution >= 4 is 28.6 Å². The molecule has 138 valence electrons. The molecule has 0 fully saturated rings. The summed E-state index contributed by atoms with van der Waals surface area (Å²) in [5, 5.41) is 24.7. The predicted octanol–water partition coefficient (Wildman–Crippen LogP) is 3.38. The molecule has 1 aromatic heterocycles. The number of hydrogen-bond donors (Lipinski definition) is 2. The average Bonchev–Trinajstić information content (AvgIpc) is 3.10. The Kier molecular flexibility index (Phi) is 5.05. The van der Waals surface area contributed by atoms with E-state index in [1.54, 1.807) is 31.2 Å². The Hall–Kier alpha value is -3.45. The van der Waals surface area contributed by atoms with Crippen LogP contribution in [-0.4, -0.2) is 22.5 Å². The number of carbonyl (C=O) groups is 1. The van der Waals surface area contributed by atoms with Gasteiger partial charge in [-0.3, -0.25) is 14.9 Å². The third kappa shape index (κ3) is 4.39. The number of nitrogens with zero attached hydrogens (tertiary/aromatic N) is 1. The SMILES string of the molecule is CC(O)(CNC(=O)/C=C/c1ccc([N+](=O)[O-])cc1)c1cc2ccccc2o1. The number of rotatable bonds is 6. The Bertz CT molecular complexity index is 970. The van der Waals surface area contributed by atoms with Crippen LogP contribution >= 0.6 is 0 Å². The maximum absolute atomic E-state index is 12.0. The van der Waals surface area contributed by atoms with Crippen LogP contribution in [0.1, 0.15) is 18.2 Å². The Morgan fingerprint density at radius 1 is 1.26 bits per heavy atom. The first kappa shape index (κ1) is 18.3. The second kappa shape index (κ2) is 7.43. The third-order valence-electron chi connectivity index (χ3n) is 4.09. The first-order valence-corrected chi connectivity index (χ1v) is 8.27. The highest BCUT2D eigenvalue weighted by Gasteiger charge is 2.27. The molecule has 0 aliphatic rings. The molecular formula is C20H18N2O5. The van der Waals surface area contributed by atoms with Crippen LogP contribution in [0.3, 0.4) is 0 Å². The summed E-state index contributed by atoms with van der Waals surface area (Å²) in [7, 11) is 0. The van der Waals surface area contributed by atoms with Crippen molar-refractivity contribution in [3.05, 3.63) is 82.1 Å². The van der Waals surface area contributed by atoms with Crippen LogP contribution in [-0.2, 0) is 10.4 Å². The van der Waals surface area contributed by atoms with E-state index in [9.17, 15) is 20.0 Å². The van der Waals surface area contributed by atoms with E-state index in [2.05, 4.69) is 5.32 Å². The third-order valence-corrected chi connectivity index (χ3v) is 4.09. The predicted molar refractivity (Wildman–Crippen MR) is 101 cm³/mol. The molecule has 0 bridgehead atoms. The van der Waals surface area contributed by atoms with Gasteiger partial charge in [-0.1, -0.05) is 18.2 Å². The lowest BCUT2D eigenvalue weighted by molar-refractivity contribution is -0.384. The van der Waals surface area contributed by atoms with Crippen LogP contribution in [0.5, 0.6) is 0 Å². The van der Waals surface area contributed by atoms with E-state index in [1.165, 1.54) is 24.3 Å². The number of furan rings is 1. The van der Waals surface area contributed by atoms with Crippen LogP contribution < -0.4 is 5.32 Å². The fraction of sp³-hybridized carbons (Fsp3) is 0.150. The van der Waals surface area contributed by atoms with Crippen molar-refractivity contribution in [2.45, 2.75) is 12.5 Å². The minimum atomic E-state index is -1.37. The minimum Gasteiger partial charge on any atom is -0.458 e. The summed E-state index contributed by atoms with van der Waals surface area (Å²) in [6, 6.07) is 15.0. The number of nitro groups is 1. The summed E-state index contributed by atoms with van der Waals surface area (Å²) in [4.78, 5) is 22.1. The van der Waals surface area contributed by atoms with Crippen LogP contribution in [0, 0.1) is 10.1 Å². The largest absolute Gasteiger partial charge is 0.458 e. The number of benzene rings is 2. The maximum atomic E-state index is 12.0. The lowest BCUT2D eigenvalue weighted by Gasteiger charge is -2.20. The summed E-state index contributed by atoms with van der Waals surface area (Å²) in [6.07, 6.45) is 2.84. The zero-order chi connectivity index (χ0) is 19.4. The Labute approximate surface area is 155 Å². The molecule has 0 radical (unpaired) electrons. The zero-order valence-electron chi connectivity index (χ0n) is 14.6. The molecule has 27 heavy (non-hydrogen) atoms. The molecule has 0 aliphatic carbocycles. The topological polar surface area (TPSA) is 106 Å². The van der Waals surface area contributed by atoms with E-state index >= 15 is 0 Å². The number of nitro benzene ring substituents is 1. The van der Waals surface area contributed by atoms with E-state index in [1.807, 2.05) is 18.2 Å². The molecule has 1 atom stereocenters. The number of aliphatic hydroxyl groups is 1. The van der Waals surface area contributed by atoms with Crippen LogP contribution in [0.15, 0.2) is 65.1 Å². The van der Waals surface area contributed by atoms with E-state index < -0.39 is 16.4 Å². The number of para-hydroxylation sites is 1. The summed E-state index contributed by atoms with van der Waals surface area (Å²) in [6.45, 7) is 1.53. The quantitative estimate of drug-likeness (QED) is 0.395. The van der Waals surface area contributed by atoms with Gasteiger partial charge in [-0.05, 0) is 42.8 Å². The second-order valence-electron chi connectivity index (χ2n) is 6.32. The molecule has 2 aromatic carbocycles. The smallest absolute Gasteiger partial charge is 0.269 e. The summed E-state index contributed by atoms with van der Waals surface area (Å²) in [5.41, 5.74) is -0.0639. The molecule has 0 aliphatic heterocycles. The number of carbonyl (C=O) groups excluding carboxylic acids is 1. The van der Waals surface area contributed by atoms with Gasteiger partial charge in [0.05, 0.1) is 11.5 Å². The van der Waals surface area contributed by atoms with Crippen LogP contribution in [0.2, 0.25) is 0 Å². The standard InChI is InChI=1S/C20H18N2O5/c1-20(24,18-12-15-4-2-3-5-17(15)27-18)13-21-19(23)11-8-14-6-9-16(10-7-14)22(25)26/h2-12,24H,13H2,1H3,(H,21,23)/b11-8+. The molecule has 2 N–H and O–H groups in total. The second-order valence-corrected chi connectivity index (χ2v) is 6.32. The van der Waals surface area contributed by atoms with Gasteiger partial charge in [-0.15, -0.1) is 0 Å². The summed E-state index contributed by atoms with van der Waals surface area (Å²) >= 11 is 0. The van der Waals surface area contributed by atoms with Crippen molar-refractivity contribution in [3.8, 4) is 0 Å². The normalized spacial score (nSPS) is 13.6. The molecule has 1 amide bonds. The van der Waals surface area contributed by atoms with Crippen molar-refractivity contribution < 1.29 is 19.2 Å². The van der Waals surface area contributed by atoms with Crippen LogP contribution in [0.25, 0.3) is 17.0 Å². The molecule has 1 unspecified atom stereocenters. The van der Waals surface area contributed by atoms with Gasteiger partial charge in [0.2, 0.25) is 5.91 Å². The zero-order valence-corrected chi connectivity index (χ0v) is 14.6.